The van der Waals surface area contributed by atoms with Crippen molar-refractivity contribution in [2.45, 2.75) is 144 Å². The lowest BCUT2D eigenvalue weighted by atomic mass is 9.77. The summed E-state index contributed by atoms with van der Waals surface area (Å²) in [5.41, 5.74) is 3.31. The highest BCUT2D eigenvalue weighted by Crippen LogP contribution is 2.52. The Morgan fingerprint density at radius 1 is 0.728 bits per heavy atom. The van der Waals surface area contributed by atoms with Crippen LogP contribution in [0.25, 0.3) is 0 Å². The number of aromatic nitrogens is 1. The largest absolute Gasteiger partial charge is 0.377 e. The average Bonchev–Trinajstić information content (AvgIpc) is 1.58. The summed E-state index contributed by atoms with van der Waals surface area (Å²) >= 11 is 0. The Labute approximate surface area is 539 Å². The molecular weight excluding hydrogens is 1270 g/mol. The highest BCUT2D eigenvalue weighted by molar-refractivity contribution is 7.86. The van der Waals surface area contributed by atoms with Gasteiger partial charge in [0.15, 0.2) is 5.71 Å². The highest BCUT2D eigenvalue weighted by Gasteiger charge is 2.46. The molecule has 3 aromatic carbocycles. The number of fused-ring (bicyclic) bond motifs is 2. The lowest BCUT2D eigenvalue weighted by Crippen LogP contribution is -2.58. The van der Waals surface area contributed by atoms with Crippen molar-refractivity contribution >= 4 is 75.3 Å². The fourth-order valence-corrected chi connectivity index (χ4v) is 13.9. The van der Waals surface area contributed by atoms with Gasteiger partial charge in [-0.3, -0.25) is 32.6 Å². The van der Waals surface area contributed by atoms with Crippen molar-refractivity contribution in [1.29, 1.82) is 0 Å². The maximum atomic E-state index is 13.6. The van der Waals surface area contributed by atoms with Crippen LogP contribution in [0.5, 0.6) is 0 Å². The predicted molar refractivity (Wildman–Crippen MR) is 345 cm³/mol. The number of nitrogens with one attached hydrogen (secondary N) is 3. The SMILES string of the molecule is CCC(CC)(NC(=O)c1ccc(C2CC2)c(Cc2ccc(F)cc2)n1)C(=O)NCCOCCOCCNC(=O)CCCCCC1(C)C(=CC=CC=CC2=[N+](CCCS(=O)(=O)O)c3ccc(S(=O)(=O)O)cc3C2(C)C)N(CCCS(=O)(=O)O)c2ccc(S(=O)(=O)O)cc21. The average molecular weight is 1360 g/mol. The number of pyridine rings is 1. The molecule has 0 saturated heterocycles. The number of hydrogen-bond donors (Lipinski definition) is 7. The molecule has 502 valence electrons. The number of carbonyl (C=O) groups is 3. The second-order valence-corrected chi connectivity index (χ2v) is 30.0. The number of anilines is 1. The van der Waals surface area contributed by atoms with Crippen molar-refractivity contribution in [2.24, 2.45) is 0 Å². The van der Waals surface area contributed by atoms with E-state index in [2.05, 4.69) is 16.0 Å². The standard InChI is InChI=1S/C64H83FN6O17S4/c1-6-64(7-2,69-60(73)53-28-27-50(46-21-22-46)54(68-53)42-45-19-23-47(65)24-20-45)61(74)67-33-37-88-39-38-87-36-32-66-59(72)18-12-9-13-31-63(5)52-44-49(92(84,85)86)26-30-56(52)71(35-15-41-90(78,79)80)58(63)17-11-8-10-16-57-62(3,4)51-43-48(91(81,82)83)25-29-55(51)70(57)34-14-40-89(75,76)77/h8,10-11,16-17,19-20,23-30,43-44,46H,6-7,9,12-15,18,21-22,31-42H2,1-5H3,(H6-,66,67,69,72,73,74,75,76,77,78,79,80,81,82,83,84,85,86)/p+1. The molecule has 3 amide bonds. The molecule has 1 saturated carbocycles. The molecule has 2 aliphatic heterocycles. The van der Waals surface area contributed by atoms with Gasteiger partial charge in [0.05, 0.1) is 53.1 Å². The van der Waals surface area contributed by atoms with Crippen LogP contribution in [0.3, 0.4) is 0 Å². The Kier molecular flexibility index (Phi) is 24.6. The Morgan fingerprint density at radius 2 is 1.35 bits per heavy atom. The molecule has 0 bridgehead atoms. The van der Waals surface area contributed by atoms with Gasteiger partial charge in [0.2, 0.25) is 17.5 Å². The number of ether oxygens (including phenoxy) is 2. The van der Waals surface area contributed by atoms with E-state index in [4.69, 9.17) is 14.5 Å². The van der Waals surface area contributed by atoms with Crippen LogP contribution in [0, 0.1) is 5.82 Å². The second kappa shape index (κ2) is 31.1. The molecule has 1 aromatic heterocycles. The zero-order chi connectivity index (χ0) is 67.3. The summed E-state index contributed by atoms with van der Waals surface area (Å²) in [6, 6.07) is 18.1. The fraction of sp³-hybridized carbons (Fsp3) is 0.484. The van der Waals surface area contributed by atoms with Crippen LogP contribution >= 0.6 is 0 Å². The minimum Gasteiger partial charge on any atom is -0.377 e. The molecule has 1 atom stereocenters. The van der Waals surface area contributed by atoms with E-state index in [1.807, 2.05) is 45.6 Å². The molecule has 1 unspecified atom stereocenters. The van der Waals surface area contributed by atoms with E-state index in [0.717, 1.165) is 29.7 Å². The third kappa shape index (κ3) is 19.5. The van der Waals surface area contributed by atoms with E-state index in [1.165, 1.54) is 48.5 Å². The van der Waals surface area contributed by atoms with Crippen molar-refractivity contribution in [2.75, 3.05) is 69.0 Å². The maximum Gasteiger partial charge on any atom is 0.294 e. The number of halogens is 1. The molecule has 92 heavy (non-hydrogen) atoms. The van der Waals surface area contributed by atoms with E-state index in [0.29, 0.717) is 84.8 Å². The second-order valence-electron chi connectivity index (χ2n) is 24.0. The van der Waals surface area contributed by atoms with E-state index >= 15 is 0 Å². The molecule has 7 N–H and O–H groups in total. The molecule has 1 fully saturated rings. The van der Waals surface area contributed by atoms with Gasteiger partial charge in [0.25, 0.3) is 46.4 Å². The Balaban J connectivity index is 0.897. The molecule has 3 heterocycles. The molecule has 4 aromatic rings. The van der Waals surface area contributed by atoms with Gasteiger partial charge in [0.1, 0.15) is 23.6 Å². The third-order valence-electron chi connectivity index (χ3n) is 17.1. The Morgan fingerprint density at radius 3 is 1.97 bits per heavy atom. The van der Waals surface area contributed by atoms with Crippen LogP contribution in [0.15, 0.2) is 119 Å². The van der Waals surface area contributed by atoms with Gasteiger partial charge in [-0.2, -0.15) is 38.2 Å². The van der Waals surface area contributed by atoms with Crippen molar-refractivity contribution in [1.82, 2.24) is 20.9 Å². The molecular formula is C64H84FN6O17S4+. The fourth-order valence-electron chi connectivity index (χ4n) is 11.9. The molecule has 0 spiro atoms. The first-order chi connectivity index (χ1) is 43.3. The first-order valence-electron chi connectivity index (χ1n) is 30.7. The van der Waals surface area contributed by atoms with Crippen LogP contribution < -0.4 is 20.9 Å². The van der Waals surface area contributed by atoms with Crippen LogP contribution in [0.1, 0.15) is 150 Å². The number of hydrogen-bond acceptors (Lipinski definition) is 15. The van der Waals surface area contributed by atoms with Crippen LogP contribution in [0.4, 0.5) is 15.8 Å². The molecule has 1 aliphatic carbocycles. The lowest BCUT2D eigenvalue weighted by molar-refractivity contribution is -0.437. The zero-order valence-corrected chi connectivity index (χ0v) is 55.7. The Hall–Kier alpha value is -6.60. The number of allylic oxidation sites excluding steroid dienone is 6. The normalized spacial score (nSPS) is 17.2. The van der Waals surface area contributed by atoms with Gasteiger partial charge < -0.3 is 30.3 Å². The summed E-state index contributed by atoms with van der Waals surface area (Å²) in [4.78, 5) is 46.0. The summed E-state index contributed by atoms with van der Waals surface area (Å²) in [5.74, 6) is -2.09. The Bertz CT molecular complexity index is 3940. The third-order valence-corrected chi connectivity index (χ3v) is 20.4. The zero-order valence-electron chi connectivity index (χ0n) is 52.4. The van der Waals surface area contributed by atoms with Crippen LogP contribution in [-0.2, 0) is 76.8 Å². The first kappa shape index (κ1) is 72.8. The summed E-state index contributed by atoms with van der Waals surface area (Å²) in [7, 11) is -17.9. The number of unbranched alkanes of at least 4 members (excludes halogenated alkanes) is 2. The van der Waals surface area contributed by atoms with Gasteiger partial charge in [-0.25, -0.2) is 9.37 Å². The van der Waals surface area contributed by atoms with Crippen LogP contribution in [0.2, 0.25) is 0 Å². The summed E-state index contributed by atoms with van der Waals surface area (Å²) < 4.78 is 162. The van der Waals surface area contributed by atoms with E-state index in [9.17, 15) is 70.7 Å². The highest BCUT2D eigenvalue weighted by atomic mass is 32.2. The molecule has 23 nitrogen and oxygen atoms in total. The summed E-state index contributed by atoms with van der Waals surface area (Å²) in [6.07, 6.45) is 14.0. The van der Waals surface area contributed by atoms with E-state index < -0.39 is 74.3 Å². The van der Waals surface area contributed by atoms with Crippen molar-refractivity contribution < 1.29 is 84.7 Å². The van der Waals surface area contributed by atoms with Gasteiger partial charge in [-0.1, -0.05) is 63.1 Å². The number of amides is 3. The first-order valence-corrected chi connectivity index (χ1v) is 36.8. The monoisotopic (exact) mass is 1360 g/mol. The number of benzene rings is 3. The van der Waals surface area contributed by atoms with Crippen molar-refractivity contribution in [3.63, 3.8) is 0 Å². The molecule has 7 rings (SSSR count). The quantitative estimate of drug-likeness (QED) is 0.00978. The van der Waals surface area contributed by atoms with Gasteiger partial charge >= 0.3 is 0 Å². The minimum atomic E-state index is -4.67. The number of nitrogens with zero attached hydrogens (tertiary/aromatic N) is 3. The van der Waals surface area contributed by atoms with Gasteiger partial charge in [0, 0.05) is 79.1 Å². The lowest BCUT2D eigenvalue weighted by Gasteiger charge is -2.31. The van der Waals surface area contributed by atoms with E-state index in [1.54, 1.807) is 53.2 Å². The molecule has 3 aliphatic rings. The molecule has 0 radical (unpaired) electrons. The number of rotatable bonds is 36. The van der Waals surface area contributed by atoms with Gasteiger partial charge in [-0.15, -0.1) is 0 Å². The predicted octanol–water partition coefficient (Wildman–Crippen LogP) is 8.09. The topological polar surface area (TPSA) is 342 Å². The maximum absolute atomic E-state index is 13.6. The van der Waals surface area contributed by atoms with E-state index in [-0.39, 0.29) is 105 Å². The van der Waals surface area contributed by atoms with Crippen molar-refractivity contribution in [3.8, 4) is 0 Å². The summed E-state index contributed by atoms with van der Waals surface area (Å²) in [6.45, 7) is 10.6. The molecule has 28 heteroatoms. The summed E-state index contributed by atoms with van der Waals surface area (Å²) in [5, 5.41) is 8.66. The van der Waals surface area contributed by atoms with Crippen molar-refractivity contribution in [3.05, 3.63) is 148 Å². The minimum absolute atomic E-state index is 0.0165. The number of carbonyl (C=O) groups excluding carboxylic acids is 3. The van der Waals surface area contributed by atoms with Gasteiger partial charge in [-0.05, 0) is 143 Å². The van der Waals surface area contributed by atoms with Crippen LogP contribution in [-0.4, -0.2) is 155 Å². The smallest absolute Gasteiger partial charge is 0.294 e.